The molecule has 116 valence electrons. The lowest BCUT2D eigenvalue weighted by Gasteiger charge is -2.20. The summed E-state index contributed by atoms with van der Waals surface area (Å²) in [6, 6.07) is 13.4. The maximum Gasteiger partial charge on any atom is 0.237 e. The molecular formula is C17H19FN2O2. The zero-order valence-corrected chi connectivity index (χ0v) is 12.4. The largest absolute Gasteiger partial charge is 0.489 e. The molecule has 0 radical (unpaired) electrons. The molecule has 5 heteroatoms. The highest BCUT2D eigenvalue weighted by Gasteiger charge is 2.25. The molecule has 0 fully saturated rings. The highest BCUT2D eigenvalue weighted by Crippen LogP contribution is 2.15. The van der Waals surface area contributed by atoms with Gasteiger partial charge in [0.25, 0.3) is 0 Å². The van der Waals surface area contributed by atoms with E-state index in [2.05, 4.69) is 0 Å². The lowest BCUT2D eigenvalue weighted by molar-refractivity contribution is -0.122. The predicted molar refractivity (Wildman–Crippen MR) is 82.7 cm³/mol. The number of rotatable bonds is 6. The van der Waals surface area contributed by atoms with Crippen molar-refractivity contribution in [1.29, 1.82) is 0 Å². The SMILES string of the molecule is CC(N)(Cc1ccc(COc2ccc(F)cc2)cc1)C(N)=O. The minimum absolute atomic E-state index is 0.295. The summed E-state index contributed by atoms with van der Waals surface area (Å²) in [5.41, 5.74) is 11.9. The first-order valence-corrected chi connectivity index (χ1v) is 6.92. The van der Waals surface area contributed by atoms with Crippen molar-refractivity contribution in [3.8, 4) is 5.75 Å². The van der Waals surface area contributed by atoms with Gasteiger partial charge in [-0.2, -0.15) is 0 Å². The minimum atomic E-state index is -1.06. The van der Waals surface area contributed by atoms with Crippen LogP contribution in [0.2, 0.25) is 0 Å². The second-order valence-electron chi connectivity index (χ2n) is 5.52. The third kappa shape index (κ3) is 4.30. The van der Waals surface area contributed by atoms with Crippen LogP contribution in [0.3, 0.4) is 0 Å². The molecule has 0 aliphatic rings. The molecular weight excluding hydrogens is 283 g/mol. The molecule has 0 saturated heterocycles. The number of ether oxygens (including phenoxy) is 1. The fraction of sp³-hybridized carbons (Fsp3) is 0.235. The summed E-state index contributed by atoms with van der Waals surface area (Å²) in [7, 11) is 0. The summed E-state index contributed by atoms with van der Waals surface area (Å²) >= 11 is 0. The molecule has 0 aromatic heterocycles. The number of hydrogen-bond acceptors (Lipinski definition) is 3. The molecule has 1 unspecified atom stereocenters. The Morgan fingerprint density at radius 3 is 2.18 bits per heavy atom. The van der Waals surface area contributed by atoms with Gasteiger partial charge in [0.15, 0.2) is 0 Å². The van der Waals surface area contributed by atoms with Crippen molar-refractivity contribution in [3.05, 3.63) is 65.5 Å². The highest BCUT2D eigenvalue weighted by atomic mass is 19.1. The van der Waals surface area contributed by atoms with Gasteiger partial charge in [0.2, 0.25) is 5.91 Å². The monoisotopic (exact) mass is 302 g/mol. The lowest BCUT2D eigenvalue weighted by atomic mass is 9.93. The number of carbonyl (C=O) groups excluding carboxylic acids is 1. The zero-order chi connectivity index (χ0) is 16.2. The zero-order valence-electron chi connectivity index (χ0n) is 12.4. The standard InChI is InChI=1S/C17H19FN2O2/c1-17(20,16(19)21)10-12-2-4-13(5-3-12)11-22-15-8-6-14(18)7-9-15/h2-9H,10-11,20H2,1H3,(H2,19,21). The van der Waals surface area contributed by atoms with Gasteiger partial charge in [-0.05, 0) is 48.7 Å². The van der Waals surface area contributed by atoms with Gasteiger partial charge in [-0.1, -0.05) is 24.3 Å². The molecule has 4 nitrogen and oxygen atoms in total. The van der Waals surface area contributed by atoms with Crippen molar-refractivity contribution in [1.82, 2.24) is 0 Å². The van der Waals surface area contributed by atoms with Crippen LogP contribution in [0.15, 0.2) is 48.5 Å². The molecule has 2 rings (SSSR count). The average molecular weight is 302 g/mol. The summed E-state index contributed by atoms with van der Waals surface area (Å²) < 4.78 is 18.3. The summed E-state index contributed by atoms with van der Waals surface area (Å²) in [5, 5.41) is 0. The van der Waals surface area contributed by atoms with E-state index >= 15 is 0 Å². The van der Waals surface area contributed by atoms with E-state index in [0.717, 1.165) is 11.1 Å². The smallest absolute Gasteiger partial charge is 0.237 e. The Kier molecular flexibility index (Phi) is 4.78. The molecule has 1 atom stereocenters. The molecule has 0 aliphatic carbocycles. The van der Waals surface area contributed by atoms with Gasteiger partial charge in [-0.3, -0.25) is 4.79 Å². The summed E-state index contributed by atoms with van der Waals surface area (Å²) in [5.74, 6) is -0.221. The molecule has 0 spiro atoms. The van der Waals surface area contributed by atoms with E-state index in [1.807, 2.05) is 24.3 Å². The maximum atomic E-state index is 12.8. The molecule has 0 bridgehead atoms. The second-order valence-corrected chi connectivity index (χ2v) is 5.52. The maximum absolute atomic E-state index is 12.8. The van der Waals surface area contributed by atoms with Crippen LogP contribution in [0, 0.1) is 5.82 Å². The van der Waals surface area contributed by atoms with Crippen LogP contribution in [-0.4, -0.2) is 11.4 Å². The molecule has 0 saturated carbocycles. The van der Waals surface area contributed by atoms with E-state index < -0.39 is 11.4 Å². The van der Waals surface area contributed by atoms with Gasteiger partial charge in [0.1, 0.15) is 18.2 Å². The van der Waals surface area contributed by atoms with E-state index in [-0.39, 0.29) is 5.82 Å². The van der Waals surface area contributed by atoms with Gasteiger partial charge < -0.3 is 16.2 Å². The summed E-state index contributed by atoms with van der Waals surface area (Å²) in [6.07, 6.45) is 0.376. The van der Waals surface area contributed by atoms with E-state index in [4.69, 9.17) is 16.2 Å². The van der Waals surface area contributed by atoms with Gasteiger partial charge >= 0.3 is 0 Å². The van der Waals surface area contributed by atoms with Crippen LogP contribution in [0.5, 0.6) is 5.75 Å². The number of benzene rings is 2. The number of nitrogens with two attached hydrogens (primary N) is 2. The van der Waals surface area contributed by atoms with E-state index in [1.54, 1.807) is 19.1 Å². The molecule has 2 aromatic carbocycles. The van der Waals surface area contributed by atoms with Gasteiger partial charge in [-0.25, -0.2) is 4.39 Å². The molecule has 1 amide bonds. The predicted octanol–water partition coefficient (Wildman–Crippen LogP) is 2.15. The van der Waals surface area contributed by atoms with Crippen molar-refractivity contribution < 1.29 is 13.9 Å². The molecule has 0 heterocycles. The number of amides is 1. The quantitative estimate of drug-likeness (QED) is 0.858. The number of hydrogen-bond donors (Lipinski definition) is 2. The van der Waals surface area contributed by atoms with E-state index in [9.17, 15) is 9.18 Å². The Bertz CT molecular complexity index is 637. The van der Waals surface area contributed by atoms with Crippen LogP contribution in [-0.2, 0) is 17.8 Å². The first-order chi connectivity index (χ1) is 10.4. The Morgan fingerprint density at radius 1 is 1.09 bits per heavy atom. The van der Waals surface area contributed by atoms with Crippen molar-refractivity contribution in [2.24, 2.45) is 11.5 Å². The normalized spacial score (nSPS) is 13.4. The molecule has 2 aromatic rings. The molecule has 4 N–H and O–H groups in total. The second kappa shape index (κ2) is 6.58. The minimum Gasteiger partial charge on any atom is -0.489 e. The van der Waals surface area contributed by atoms with Crippen LogP contribution in [0.4, 0.5) is 4.39 Å². The first-order valence-electron chi connectivity index (χ1n) is 6.92. The summed E-state index contributed by atoms with van der Waals surface area (Å²) in [6.45, 7) is 1.99. The van der Waals surface area contributed by atoms with Crippen molar-refractivity contribution >= 4 is 5.91 Å². The number of halogens is 1. The van der Waals surface area contributed by atoms with Crippen LogP contribution in [0.1, 0.15) is 18.1 Å². The van der Waals surface area contributed by atoms with Crippen LogP contribution < -0.4 is 16.2 Å². The van der Waals surface area contributed by atoms with Crippen molar-refractivity contribution in [2.75, 3.05) is 0 Å². The van der Waals surface area contributed by atoms with E-state index in [0.29, 0.717) is 18.8 Å². The topological polar surface area (TPSA) is 78.3 Å². The third-order valence-corrected chi connectivity index (χ3v) is 3.38. The third-order valence-electron chi connectivity index (χ3n) is 3.38. The Balaban J connectivity index is 1.94. The molecule has 22 heavy (non-hydrogen) atoms. The van der Waals surface area contributed by atoms with Gasteiger partial charge in [-0.15, -0.1) is 0 Å². The highest BCUT2D eigenvalue weighted by molar-refractivity contribution is 5.84. The Labute approximate surface area is 128 Å². The average Bonchev–Trinajstić information content (AvgIpc) is 2.48. The fourth-order valence-corrected chi connectivity index (χ4v) is 1.96. The van der Waals surface area contributed by atoms with Crippen LogP contribution >= 0.6 is 0 Å². The summed E-state index contributed by atoms with van der Waals surface area (Å²) in [4.78, 5) is 11.2. The molecule has 0 aliphatic heterocycles. The Hall–Kier alpha value is -2.40. The van der Waals surface area contributed by atoms with Crippen LogP contribution in [0.25, 0.3) is 0 Å². The lowest BCUT2D eigenvalue weighted by Crippen LogP contribution is -2.51. The van der Waals surface area contributed by atoms with Gasteiger partial charge in [0, 0.05) is 0 Å². The van der Waals surface area contributed by atoms with E-state index in [1.165, 1.54) is 12.1 Å². The van der Waals surface area contributed by atoms with Crippen molar-refractivity contribution in [2.45, 2.75) is 25.5 Å². The first kappa shape index (κ1) is 16.0. The van der Waals surface area contributed by atoms with Gasteiger partial charge in [0.05, 0.1) is 5.54 Å². The fourth-order valence-electron chi connectivity index (χ4n) is 1.96. The number of primary amides is 1. The Morgan fingerprint density at radius 2 is 1.64 bits per heavy atom. The number of carbonyl (C=O) groups is 1. The van der Waals surface area contributed by atoms with Crippen molar-refractivity contribution in [3.63, 3.8) is 0 Å².